The van der Waals surface area contributed by atoms with E-state index in [9.17, 15) is 13.2 Å². The van der Waals surface area contributed by atoms with E-state index >= 15 is 0 Å². The van der Waals surface area contributed by atoms with Gasteiger partial charge in [0.1, 0.15) is 0 Å². The number of hydrogen-bond acceptors (Lipinski definition) is 4. The van der Waals surface area contributed by atoms with Crippen molar-refractivity contribution < 1.29 is 17.9 Å². The van der Waals surface area contributed by atoms with Crippen molar-refractivity contribution in [3.63, 3.8) is 0 Å². The molecule has 0 radical (unpaired) electrons. The standard InChI is InChI=1S/C13H26N2O4S/c1-11(10-19-2)14-13(16)9-15(20(3,17)18)12-7-5-4-6-8-12/h11-12H,4-10H2,1-3H3,(H,14,16)/t11-/m1/s1. The van der Waals surface area contributed by atoms with Gasteiger partial charge in [-0.15, -0.1) is 0 Å². The molecular weight excluding hydrogens is 280 g/mol. The topological polar surface area (TPSA) is 75.7 Å². The normalized spacial score (nSPS) is 19.0. The Labute approximate surface area is 121 Å². The number of nitrogens with one attached hydrogen (secondary N) is 1. The summed E-state index contributed by atoms with van der Waals surface area (Å²) in [5, 5.41) is 2.75. The number of rotatable bonds is 7. The number of hydrogen-bond donors (Lipinski definition) is 1. The van der Waals surface area contributed by atoms with Crippen LogP contribution in [0, 0.1) is 0 Å². The van der Waals surface area contributed by atoms with Crippen LogP contribution in [0.2, 0.25) is 0 Å². The van der Waals surface area contributed by atoms with Crippen LogP contribution in [-0.4, -0.2) is 57.2 Å². The minimum Gasteiger partial charge on any atom is -0.383 e. The highest BCUT2D eigenvalue weighted by Gasteiger charge is 2.30. The second-order valence-electron chi connectivity index (χ2n) is 5.52. The minimum absolute atomic E-state index is 0.0396. The zero-order chi connectivity index (χ0) is 15.2. The Kier molecular flexibility index (Phi) is 6.91. The van der Waals surface area contributed by atoms with E-state index < -0.39 is 10.0 Å². The first kappa shape index (κ1) is 17.4. The molecule has 0 spiro atoms. The second-order valence-corrected chi connectivity index (χ2v) is 7.46. The lowest BCUT2D eigenvalue weighted by molar-refractivity contribution is -0.122. The maximum Gasteiger partial charge on any atom is 0.235 e. The first-order valence-electron chi connectivity index (χ1n) is 7.09. The number of sulfonamides is 1. The van der Waals surface area contributed by atoms with Crippen molar-refractivity contribution in [3.05, 3.63) is 0 Å². The van der Waals surface area contributed by atoms with E-state index in [1.807, 2.05) is 6.92 Å². The number of methoxy groups -OCH3 is 1. The van der Waals surface area contributed by atoms with Gasteiger partial charge in [-0.2, -0.15) is 4.31 Å². The van der Waals surface area contributed by atoms with Crippen molar-refractivity contribution in [2.75, 3.05) is 26.5 Å². The lowest BCUT2D eigenvalue weighted by Crippen LogP contribution is -2.48. The van der Waals surface area contributed by atoms with Gasteiger partial charge in [0, 0.05) is 19.2 Å². The molecule has 0 aromatic heterocycles. The molecule has 6 nitrogen and oxygen atoms in total. The summed E-state index contributed by atoms with van der Waals surface area (Å²) in [4.78, 5) is 12.0. The molecule has 7 heteroatoms. The van der Waals surface area contributed by atoms with Crippen LogP contribution in [-0.2, 0) is 19.6 Å². The summed E-state index contributed by atoms with van der Waals surface area (Å²) in [7, 11) is -1.80. The average Bonchev–Trinajstić information content (AvgIpc) is 2.36. The Morgan fingerprint density at radius 3 is 2.45 bits per heavy atom. The Morgan fingerprint density at radius 1 is 1.35 bits per heavy atom. The first-order chi connectivity index (χ1) is 9.34. The van der Waals surface area contributed by atoms with Crippen molar-refractivity contribution in [3.8, 4) is 0 Å². The molecule has 0 unspecified atom stereocenters. The van der Waals surface area contributed by atoms with E-state index in [1.54, 1.807) is 7.11 Å². The molecule has 1 atom stereocenters. The quantitative estimate of drug-likeness (QED) is 0.752. The molecule has 1 N–H and O–H groups in total. The van der Waals surface area contributed by atoms with Crippen molar-refractivity contribution in [1.82, 2.24) is 9.62 Å². The number of carbonyl (C=O) groups excluding carboxylic acids is 1. The Morgan fingerprint density at radius 2 is 1.95 bits per heavy atom. The Hall–Kier alpha value is -0.660. The van der Waals surface area contributed by atoms with Gasteiger partial charge < -0.3 is 10.1 Å². The fraction of sp³-hybridized carbons (Fsp3) is 0.923. The third-order valence-electron chi connectivity index (χ3n) is 3.53. The molecule has 0 aliphatic heterocycles. The van der Waals surface area contributed by atoms with Gasteiger partial charge in [-0.3, -0.25) is 4.79 Å². The molecule has 1 aliphatic rings. The van der Waals surface area contributed by atoms with Crippen LogP contribution in [0.3, 0.4) is 0 Å². The maximum absolute atomic E-state index is 12.0. The third-order valence-corrected chi connectivity index (χ3v) is 4.81. The van der Waals surface area contributed by atoms with Crippen molar-refractivity contribution in [2.45, 2.75) is 51.1 Å². The fourth-order valence-corrected chi connectivity index (χ4v) is 3.74. The van der Waals surface area contributed by atoms with Gasteiger partial charge in [-0.25, -0.2) is 8.42 Å². The summed E-state index contributed by atoms with van der Waals surface area (Å²) >= 11 is 0. The van der Waals surface area contributed by atoms with Crippen molar-refractivity contribution in [2.24, 2.45) is 0 Å². The zero-order valence-corrected chi connectivity index (χ0v) is 13.4. The first-order valence-corrected chi connectivity index (χ1v) is 8.94. The lowest BCUT2D eigenvalue weighted by atomic mass is 9.95. The summed E-state index contributed by atoms with van der Waals surface area (Å²) in [5.74, 6) is -0.273. The van der Waals surface area contributed by atoms with E-state index in [2.05, 4.69) is 5.32 Å². The summed E-state index contributed by atoms with van der Waals surface area (Å²) in [6.45, 7) is 2.14. The predicted molar refractivity (Wildman–Crippen MR) is 77.9 cm³/mol. The monoisotopic (exact) mass is 306 g/mol. The van der Waals surface area contributed by atoms with E-state index in [0.717, 1.165) is 32.1 Å². The molecule has 0 heterocycles. The average molecular weight is 306 g/mol. The summed E-state index contributed by atoms with van der Waals surface area (Å²) < 4.78 is 30.1. The zero-order valence-electron chi connectivity index (χ0n) is 12.6. The smallest absolute Gasteiger partial charge is 0.235 e. The molecule has 0 saturated heterocycles. The Balaban J connectivity index is 2.63. The van der Waals surface area contributed by atoms with Crippen LogP contribution >= 0.6 is 0 Å². The molecule has 20 heavy (non-hydrogen) atoms. The second kappa shape index (κ2) is 7.95. The molecule has 0 aromatic carbocycles. The highest BCUT2D eigenvalue weighted by Crippen LogP contribution is 2.24. The molecule has 1 aliphatic carbocycles. The summed E-state index contributed by atoms with van der Waals surface area (Å²) in [6.07, 6.45) is 6.05. The highest BCUT2D eigenvalue weighted by molar-refractivity contribution is 7.88. The van der Waals surface area contributed by atoms with Gasteiger partial charge in [0.25, 0.3) is 0 Å². The molecule has 0 bridgehead atoms. The van der Waals surface area contributed by atoms with Gasteiger partial charge in [0.05, 0.1) is 19.4 Å². The van der Waals surface area contributed by atoms with Crippen molar-refractivity contribution in [1.29, 1.82) is 0 Å². The maximum atomic E-state index is 12.0. The Bertz CT molecular complexity index is 405. The van der Waals surface area contributed by atoms with E-state index in [4.69, 9.17) is 4.74 Å². The highest BCUT2D eigenvalue weighted by atomic mass is 32.2. The molecule has 0 aromatic rings. The summed E-state index contributed by atoms with van der Waals surface area (Å²) in [5.41, 5.74) is 0. The number of nitrogens with zero attached hydrogens (tertiary/aromatic N) is 1. The van der Waals surface area contributed by atoms with Gasteiger partial charge in [-0.1, -0.05) is 19.3 Å². The van der Waals surface area contributed by atoms with Crippen LogP contribution < -0.4 is 5.32 Å². The molecular formula is C13H26N2O4S. The molecule has 1 rings (SSSR count). The molecule has 1 amide bonds. The fourth-order valence-electron chi connectivity index (χ4n) is 2.64. The van der Waals surface area contributed by atoms with Crippen LogP contribution in [0.25, 0.3) is 0 Å². The molecule has 118 valence electrons. The minimum atomic E-state index is -3.37. The molecule has 1 fully saturated rings. The van der Waals surface area contributed by atoms with E-state index in [-0.39, 0.29) is 24.5 Å². The van der Waals surface area contributed by atoms with E-state index in [0.29, 0.717) is 6.61 Å². The van der Waals surface area contributed by atoms with E-state index in [1.165, 1.54) is 10.6 Å². The summed E-state index contributed by atoms with van der Waals surface area (Å²) in [6, 6.07) is -0.164. The van der Waals surface area contributed by atoms with Gasteiger partial charge in [0.15, 0.2) is 0 Å². The van der Waals surface area contributed by atoms with Crippen LogP contribution in [0.5, 0.6) is 0 Å². The largest absolute Gasteiger partial charge is 0.383 e. The van der Waals surface area contributed by atoms with Crippen LogP contribution in [0.15, 0.2) is 0 Å². The number of amides is 1. The lowest BCUT2D eigenvalue weighted by Gasteiger charge is -2.32. The van der Waals surface area contributed by atoms with Gasteiger partial charge >= 0.3 is 0 Å². The predicted octanol–water partition coefficient (Wildman–Crippen LogP) is 0.732. The van der Waals surface area contributed by atoms with Gasteiger partial charge in [0.2, 0.25) is 15.9 Å². The van der Waals surface area contributed by atoms with Gasteiger partial charge in [-0.05, 0) is 19.8 Å². The molecule has 1 saturated carbocycles. The SMILES string of the molecule is COC[C@@H](C)NC(=O)CN(C1CCCCC1)S(C)(=O)=O. The third kappa shape index (κ3) is 5.76. The van der Waals surface area contributed by atoms with Crippen LogP contribution in [0.4, 0.5) is 0 Å². The van der Waals surface area contributed by atoms with Crippen molar-refractivity contribution >= 4 is 15.9 Å². The number of ether oxygens (including phenoxy) is 1. The van der Waals surface area contributed by atoms with Crippen LogP contribution in [0.1, 0.15) is 39.0 Å². The number of carbonyl (C=O) groups is 1.